The normalized spacial score (nSPS) is 19.0. The molecule has 1 aromatic rings. The number of carboxylic acids is 1. The van der Waals surface area contributed by atoms with Crippen molar-refractivity contribution < 1.29 is 14.5 Å². The van der Waals surface area contributed by atoms with Crippen LogP contribution in [0.15, 0.2) is 34.9 Å². The van der Waals surface area contributed by atoms with Gasteiger partial charge in [-0.1, -0.05) is 23.3 Å². The van der Waals surface area contributed by atoms with Gasteiger partial charge in [0, 0.05) is 0 Å². The minimum atomic E-state index is -0.921. The Morgan fingerprint density at radius 3 is 2.70 bits per heavy atom. The lowest BCUT2D eigenvalue weighted by atomic mass is 10.0. The summed E-state index contributed by atoms with van der Waals surface area (Å²) in [6.45, 7) is 6.57. The highest BCUT2D eigenvalue weighted by molar-refractivity contribution is 6.29. The second kappa shape index (κ2) is 4.45. The van der Waals surface area contributed by atoms with Crippen molar-refractivity contribution in [3.05, 3.63) is 35.4 Å². The monoisotopic (exact) mass is 272 g/mol. The molecule has 20 heavy (non-hydrogen) atoms. The Morgan fingerprint density at radius 1 is 1.35 bits per heavy atom. The van der Waals surface area contributed by atoms with Gasteiger partial charge in [-0.3, -0.25) is 4.90 Å². The number of hydrogen-bond donors (Lipinski definition) is 1. The maximum atomic E-state index is 11.5. The van der Waals surface area contributed by atoms with Crippen molar-refractivity contribution in [2.45, 2.75) is 13.8 Å². The van der Waals surface area contributed by atoms with Crippen molar-refractivity contribution in [3.63, 3.8) is 0 Å². The average Bonchev–Trinajstić information content (AvgIpc) is 2.87. The highest BCUT2D eigenvalue weighted by Gasteiger charge is 2.43. The Hall–Kier alpha value is -2.14. The zero-order chi connectivity index (χ0) is 14.3. The van der Waals surface area contributed by atoms with Crippen molar-refractivity contribution in [1.29, 1.82) is 0 Å². The Morgan fingerprint density at radius 2 is 2.05 bits per heavy atom. The summed E-state index contributed by atoms with van der Waals surface area (Å²) < 4.78 is 0.550. The number of carboxylic acid groups (broad SMARTS) is 1. The second-order valence-electron chi connectivity index (χ2n) is 5.14. The van der Waals surface area contributed by atoms with Crippen LogP contribution in [0.1, 0.15) is 19.4 Å². The van der Waals surface area contributed by atoms with Crippen LogP contribution < -0.4 is 4.90 Å². The maximum Gasteiger partial charge on any atom is 0.339 e. The van der Waals surface area contributed by atoms with Crippen LogP contribution in [0, 0.1) is 0 Å². The summed E-state index contributed by atoms with van der Waals surface area (Å²) in [6.07, 6.45) is 1.72. The lowest BCUT2D eigenvalue weighted by Gasteiger charge is -2.29. The zero-order valence-corrected chi connectivity index (χ0v) is 11.7. The summed E-state index contributed by atoms with van der Waals surface area (Å²) in [7, 11) is 0. The van der Waals surface area contributed by atoms with E-state index in [1.165, 1.54) is 0 Å². The van der Waals surface area contributed by atoms with E-state index in [9.17, 15) is 9.90 Å². The molecule has 3 rings (SSSR count). The number of fused-ring (bicyclic) bond motifs is 3. The van der Waals surface area contributed by atoms with Gasteiger partial charge in [0.15, 0.2) is 6.67 Å². The predicted octanol–water partition coefficient (Wildman–Crippen LogP) is 2.12. The van der Waals surface area contributed by atoms with Gasteiger partial charge in [0.1, 0.15) is 18.7 Å². The highest BCUT2D eigenvalue weighted by atomic mass is 16.4. The highest BCUT2D eigenvalue weighted by Crippen LogP contribution is 2.35. The molecule has 0 fully saturated rings. The smallest absolute Gasteiger partial charge is 0.339 e. The fourth-order valence-corrected chi connectivity index (χ4v) is 2.80. The van der Waals surface area contributed by atoms with Crippen LogP contribution in [-0.2, 0) is 4.79 Å². The second-order valence-corrected chi connectivity index (χ2v) is 5.14. The SMILES string of the molecule is CC[N+]1(CC)CN2C(=N1)C(C(=O)O)=Cc1ccccc12. The number of quaternary nitrogens is 1. The number of rotatable bonds is 3. The minimum Gasteiger partial charge on any atom is -0.478 e. The molecule has 1 N–H and O–H groups in total. The van der Waals surface area contributed by atoms with E-state index in [1.807, 2.05) is 29.2 Å². The van der Waals surface area contributed by atoms with Crippen LogP contribution in [0.2, 0.25) is 0 Å². The van der Waals surface area contributed by atoms with Gasteiger partial charge in [0.05, 0.1) is 5.69 Å². The van der Waals surface area contributed by atoms with E-state index in [1.54, 1.807) is 6.08 Å². The third-order valence-electron chi connectivity index (χ3n) is 4.14. The molecule has 5 nitrogen and oxygen atoms in total. The Balaban J connectivity index is 2.18. The molecule has 0 amide bonds. The Bertz CT molecular complexity index is 630. The van der Waals surface area contributed by atoms with E-state index in [0.29, 0.717) is 17.1 Å². The molecule has 104 valence electrons. The molecule has 2 aliphatic heterocycles. The lowest BCUT2D eigenvalue weighted by Crippen LogP contribution is -2.45. The fourth-order valence-electron chi connectivity index (χ4n) is 2.80. The number of amidine groups is 1. The number of anilines is 1. The first-order valence-corrected chi connectivity index (χ1v) is 6.88. The largest absolute Gasteiger partial charge is 0.478 e. The summed E-state index contributed by atoms with van der Waals surface area (Å²) >= 11 is 0. The number of hydrogen-bond acceptors (Lipinski definition) is 3. The first-order valence-electron chi connectivity index (χ1n) is 6.88. The van der Waals surface area contributed by atoms with Crippen molar-refractivity contribution in [2.75, 3.05) is 24.7 Å². The van der Waals surface area contributed by atoms with Crippen LogP contribution >= 0.6 is 0 Å². The number of para-hydroxylation sites is 1. The molecule has 0 saturated carbocycles. The summed E-state index contributed by atoms with van der Waals surface area (Å²) in [5.41, 5.74) is 2.26. The van der Waals surface area contributed by atoms with Gasteiger partial charge < -0.3 is 5.11 Å². The standard InChI is InChI=1S/C15H17N3O2/c1-3-18(4-2)10-17-13-8-6-5-7-11(13)9-12(15(19)20)14(17)16-18/h5-9H,3-4,10H2,1-2H3/p+1. The maximum absolute atomic E-state index is 11.5. The Kier molecular flexibility index (Phi) is 2.87. The first kappa shape index (κ1) is 12.9. The number of carbonyl (C=O) groups is 1. The number of benzene rings is 1. The zero-order valence-electron chi connectivity index (χ0n) is 11.7. The van der Waals surface area contributed by atoms with Gasteiger partial charge in [-0.2, -0.15) is 4.59 Å². The van der Waals surface area contributed by atoms with Crippen molar-refractivity contribution in [2.24, 2.45) is 5.10 Å². The molecule has 0 aromatic heterocycles. The first-order chi connectivity index (χ1) is 9.60. The summed E-state index contributed by atoms with van der Waals surface area (Å²) in [6, 6.07) is 7.86. The van der Waals surface area contributed by atoms with Crippen LogP contribution in [-0.4, -0.2) is 41.3 Å². The van der Waals surface area contributed by atoms with Gasteiger partial charge in [-0.25, -0.2) is 4.79 Å². The van der Waals surface area contributed by atoms with E-state index in [4.69, 9.17) is 5.10 Å². The van der Waals surface area contributed by atoms with Gasteiger partial charge in [0.2, 0.25) is 5.84 Å². The summed E-state index contributed by atoms with van der Waals surface area (Å²) in [4.78, 5) is 13.5. The molecule has 0 saturated heterocycles. The molecule has 0 bridgehead atoms. The van der Waals surface area contributed by atoms with Gasteiger partial charge >= 0.3 is 5.97 Å². The molecule has 2 heterocycles. The average molecular weight is 272 g/mol. The van der Waals surface area contributed by atoms with Crippen molar-refractivity contribution >= 4 is 23.6 Å². The molecular weight excluding hydrogens is 254 g/mol. The number of aliphatic carboxylic acids is 1. The summed E-state index contributed by atoms with van der Waals surface area (Å²) in [5.74, 6) is -0.338. The van der Waals surface area contributed by atoms with Crippen LogP contribution in [0.5, 0.6) is 0 Å². The van der Waals surface area contributed by atoms with E-state index < -0.39 is 5.97 Å². The number of nitrogens with zero attached hydrogens (tertiary/aromatic N) is 3. The van der Waals surface area contributed by atoms with Gasteiger partial charge in [-0.05, 0) is 31.6 Å². The summed E-state index contributed by atoms with van der Waals surface area (Å²) in [5, 5.41) is 14.2. The molecule has 2 aliphatic rings. The molecule has 0 spiro atoms. The van der Waals surface area contributed by atoms with Crippen LogP contribution in [0.4, 0.5) is 5.69 Å². The van der Waals surface area contributed by atoms with E-state index in [-0.39, 0.29) is 5.57 Å². The molecular formula is C15H18N3O2+. The van der Waals surface area contributed by atoms with E-state index in [0.717, 1.165) is 24.3 Å². The van der Waals surface area contributed by atoms with Crippen LogP contribution in [0.3, 0.4) is 0 Å². The molecule has 0 unspecified atom stereocenters. The van der Waals surface area contributed by atoms with Crippen molar-refractivity contribution in [1.82, 2.24) is 0 Å². The fraction of sp³-hybridized carbons (Fsp3) is 0.333. The quantitative estimate of drug-likeness (QED) is 0.857. The molecule has 0 radical (unpaired) electrons. The third kappa shape index (κ3) is 1.74. The molecule has 0 atom stereocenters. The third-order valence-corrected chi connectivity index (χ3v) is 4.14. The van der Waals surface area contributed by atoms with E-state index in [2.05, 4.69) is 13.8 Å². The van der Waals surface area contributed by atoms with E-state index >= 15 is 0 Å². The van der Waals surface area contributed by atoms with Crippen LogP contribution in [0.25, 0.3) is 6.08 Å². The van der Waals surface area contributed by atoms with Gasteiger partial charge in [-0.15, -0.1) is 0 Å². The molecule has 0 aliphatic carbocycles. The minimum absolute atomic E-state index is 0.283. The molecule has 5 heteroatoms. The lowest BCUT2D eigenvalue weighted by molar-refractivity contribution is -0.925. The predicted molar refractivity (Wildman–Crippen MR) is 78.2 cm³/mol. The molecule has 1 aromatic carbocycles. The van der Waals surface area contributed by atoms with Gasteiger partial charge in [0.25, 0.3) is 0 Å². The Labute approximate surface area is 118 Å². The van der Waals surface area contributed by atoms with Crippen molar-refractivity contribution in [3.8, 4) is 0 Å². The topological polar surface area (TPSA) is 52.9 Å².